The van der Waals surface area contributed by atoms with Crippen LogP contribution >= 0.6 is 0 Å². The molecule has 3 aromatic rings. The normalized spacial score (nSPS) is 11.1. The Kier molecular flexibility index (Phi) is 5.49. The number of nitrogens with zero attached hydrogens (tertiary/aromatic N) is 5. The molecule has 0 amide bonds. The fourth-order valence-corrected chi connectivity index (χ4v) is 2.73. The van der Waals surface area contributed by atoms with Gasteiger partial charge in [-0.2, -0.15) is 0 Å². The molecule has 3 rings (SSSR count). The number of aromatic nitrogens is 3. The van der Waals surface area contributed by atoms with Gasteiger partial charge < -0.3 is 10.2 Å². The molecule has 0 fully saturated rings. The van der Waals surface area contributed by atoms with Crippen molar-refractivity contribution in [2.75, 3.05) is 10.2 Å². The first-order chi connectivity index (χ1) is 13.3. The summed E-state index contributed by atoms with van der Waals surface area (Å²) in [5.41, 5.74) is 0.399. The highest BCUT2D eigenvalue weighted by Crippen LogP contribution is 2.37. The molecule has 8 heteroatoms. The Hall–Kier alpha value is -3.55. The lowest BCUT2D eigenvalue weighted by molar-refractivity contribution is -0.383. The Morgan fingerprint density at radius 3 is 2.36 bits per heavy atom. The first kappa shape index (κ1) is 19.2. The van der Waals surface area contributed by atoms with Gasteiger partial charge in [0.1, 0.15) is 12.1 Å². The number of hydrogen-bond donors (Lipinski definition) is 1. The van der Waals surface area contributed by atoms with Crippen LogP contribution in [0.3, 0.4) is 0 Å². The van der Waals surface area contributed by atoms with Gasteiger partial charge in [0.15, 0.2) is 0 Å². The number of nitrogens with one attached hydrogen (secondary N) is 1. The minimum absolute atomic E-state index is 0.177. The molecule has 0 bridgehead atoms. The summed E-state index contributed by atoms with van der Waals surface area (Å²) in [6.07, 6.45) is 2.98. The number of benzene rings is 1. The summed E-state index contributed by atoms with van der Waals surface area (Å²) in [6, 6.07) is 15.1. The highest BCUT2D eigenvalue weighted by molar-refractivity contribution is 5.74. The first-order valence-corrected chi connectivity index (χ1v) is 8.85. The quantitative estimate of drug-likeness (QED) is 0.503. The molecule has 0 radical (unpaired) electrons. The molecule has 1 N–H and O–H groups in total. The number of rotatable bonds is 6. The van der Waals surface area contributed by atoms with Gasteiger partial charge in [-0.15, -0.1) is 0 Å². The summed E-state index contributed by atoms with van der Waals surface area (Å²) >= 11 is 0. The second-order valence-corrected chi connectivity index (χ2v) is 7.29. The topological polar surface area (TPSA) is 97.1 Å². The third-order valence-corrected chi connectivity index (χ3v) is 3.84. The van der Waals surface area contributed by atoms with Crippen molar-refractivity contribution in [1.82, 2.24) is 15.0 Å². The zero-order valence-electron chi connectivity index (χ0n) is 16.0. The van der Waals surface area contributed by atoms with E-state index in [9.17, 15) is 10.1 Å². The maximum Gasteiger partial charge on any atom is 0.353 e. The van der Waals surface area contributed by atoms with E-state index in [0.29, 0.717) is 12.4 Å². The first-order valence-electron chi connectivity index (χ1n) is 8.85. The molecule has 8 nitrogen and oxygen atoms in total. The molecule has 0 aliphatic carbocycles. The van der Waals surface area contributed by atoms with Crippen LogP contribution < -0.4 is 10.2 Å². The lowest BCUT2D eigenvalue weighted by Crippen LogP contribution is -2.28. The lowest BCUT2D eigenvalue weighted by Gasteiger charge is -2.25. The van der Waals surface area contributed by atoms with Crippen molar-refractivity contribution < 1.29 is 4.92 Å². The number of anilines is 3. The summed E-state index contributed by atoms with van der Waals surface area (Å²) in [6.45, 7) is 6.13. The molecule has 2 heterocycles. The molecule has 28 heavy (non-hydrogen) atoms. The summed E-state index contributed by atoms with van der Waals surface area (Å²) in [7, 11) is 0. The highest BCUT2D eigenvalue weighted by atomic mass is 16.6. The van der Waals surface area contributed by atoms with Crippen molar-refractivity contribution in [3.05, 3.63) is 76.7 Å². The van der Waals surface area contributed by atoms with Crippen LogP contribution in [-0.4, -0.2) is 25.4 Å². The zero-order valence-corrected chi connectivity index (χ0v) is 16.0. The molecule has 0 aliphatic rings. The zero-order chi connectivity index (χ0) is 20.1. The minimum atomic E-state index is -0.454. The molecule has 0 aliphatic heterocycles. The van der Waals surface area contributed by atoms with Gasteiger partial charge >= 0.3 is 5.69 Å². The molecular formula is C20H22N6O2. The fourth-order valence-electron chi connectivity index (χ4n) is 2.73. The van der Waals surface area contributed by atoms with Crippen molar-refractivity contribution in [3.8, 4) is 0 Å². The van der Waals surface area contributed by atoms with E-state index in [-0.39, 0.29) is 17.3 Å². The van der Waals surface area contributed by atoms with E-state index in [1.54, 1.807) is 23.2 Å². The Labute approximate surface area is 163 Å². The largest absolute Gasteiger partial charge is 0.360 e. The average molecular weight is 378 g/mol. The number of nitro groups is 1. The standard InChI is InChI=1S/C20H22N6O2/c1-20(2,3)24-18-17(26(27)28)19(23-14-22-18)25(16-11-7-8-12-21-16)13-15-9-5-4-6-10-15/h4-12,14H,13H2,1-3H3,(H,22,23,24). The summed E-state index contributed by atoms with van der Waals surface area (Å²) in [5.74, 6) is 0.931. The van der Waals surface area contributed by atoms with Crippen molar-refractivity contribution >= 4 is 23.1 Å². The molecule has 144 valence electrons. The second kappa shape index (κ2) is 7.99. The lowest BCUT2D eigenvalue weighted by atomic mass is 10.1. The molecule has 0 atom stereocenters. The third-order valence-electron chi connectivity index (χ3n) is 3.84. The molecule has 0 saturated carbocycles. The molecule has 0 unspecified atom stereocenters. The molecule has 1 aromatic carbocycles. The monoisotopic (exact) mass is 378 g/mol. The van der Waals surface area contributed by atoms with Gasteiger partial charge in [-0.05, 0) is 38.5 Å². The Morgan fingerprint density at radius 1 is 1.04 bits per heavy atom. The van der Waals surface area contributed by atoms with Crippen LogP contribution in [-0.2, 0) is 6.54 Å². The van der Waals surface area contributed by atoms with Crippen LogP contribution in [0.5, 0.6) is 0 Å². The van der Waals surface area contributed by atoms with Gasteiger partial charge in [0.05, 0.1) is 11.5 Å². The van der Waals surface area contributed by atoms with E-state index >= 15 is 0 Å². The maximum atomic E-state index is 12.0. The van der Waals surface area contributed by atoms with Gasteiger partial charge in [-0.3, -0.25) is 10.1 Å². The van der Waals surface area contributed by atoms with Crippen molar-refractivity contribution in [1.29, 1.82) is 0 Å². The molecule has 0 saturated heterocycles. The average Bonchev–Trinajstić information content (AvgIpc) is 2.66. The Bertz CT molecular complexity index is 942. The van der Waals surface area contributed by atoms with E-state index in [1.807, 2.05) is 57.2 Å². The van der Waals surface area contributed by atoms with E-state index in [1.165, 1.54) is 6.33 Å². The third kappa shape index (κ3) is 4.59. The summed E-state index contributed by atoms with van der Waals surface area (Å²) < 4.78 is 0. The van der Waals surface area contributed by atoms with Crippen molar-refractivity contribution in [2.45, 2.75) is 32.9 Å². The predicted octanol–water partition coefficient (Wildman–Crippen LogP) is 4.33. The van der Waals surface area contributed by atoms with Crippen molar-refractivity contribution in [3.63, 3.8) is 0 Å². The van der Waals surface area contributed by atoms with E-state index in [2.05, 4.69) is 20.3 Å². The molecule has 2 aromatic heterocycles. The van der Waals surface area contributed by atoms with Crippen LogP contribution in [0.4, 0.5) is 23.1 Å². The van der Waals surface area contributed by atoms with Gasteiger partial charge in [0.25, 0.3) is 0 Å². The molecular weight excluding hydrogens is 356 g/mol. The highest BCUT2D eigenvalue weighted by Gasteiger charge is 2.30. The fraction of sp³-hybridized carbons (Fsp3) is 0.250. The van der Waals surface area contributed by atoms with Crippen LogP contribution in [0.1, 0.15) is 26.3 Å². The van der Waals surface area contributed by atoms with Crippen LogP contribution in [0, 0.1) is 10.1 Å². The summed E-state index contributed by atoms with van der Waals surface area (Å²) in [4.78, 5) is 26.0. The van der Waals surface area contributed by atoms with E-state index < -0.39 is 10.5 Å². The van der Waals surface area contributed by atoms with Crippen LogP contribution in [0.15, 0.2) is 61.1 Å². The van der Waals surface area contributed by atoms with Gasteiger partial charge in [-0.25, -0.2) is 15.0 Å². The number of hydrogen-bond acceptors (Lipinski definition) is 7. The SMILES string of the molecule is CC(C)(C)Nc1ncnc(N(Cc2ccccc2)c2ccccn2)c1[N+](=O)[O-]. The second-order valence-electron chi connectivity index (χ2n) is 7.29. The van der Waals surface area contributed by atoms with Gasteiger partial charge in [0, 0.05) is 11.7 Å². The minimum Gasteiger partial charge on any atom is -0.360 e. The Balaban J connectivity index is 2.14. The number of pyridine rings is 1. The Morgan fingerprint density at radius 2 is 1.75 bits per heavy atom. The van der Waals surface area contributed by atoms with Crippen LogP contribution in [0.25, 0.3) is 0 Å². The maximum absolute atomic E-state index is 12.0. The van der Waals surface area contributed by atoms with E-state index in [0.717, 1.165) is 5.56 Å². The molecule has 0 spiro atoms. The van der Waals surface area contributed by atoms with Crippen molar-refractivity contribution in [2.24, 2.45) is 0 Å². The van der Waals surface area contributed by atoms with Gasteiger partial charge in [0.2, 0.25) is 11.6 Å². The van der Waals surface area contributed by atoms with Crippen LogP contribution in [0.2, 0.25) is 0 Å². The van der Waals surface area contributed by atoms with E-state index in [4.69, 9.17) is 0 Å². The predicted molar refractivity (Wildman–Crippen MR) is 109 cm³/mol. The summed E-state index contributed by atoms with van der Waals surface area (Å²) in [5, 5.41) is 15.1. The van der Waals surface area contributed by atoms with Gasteiger partial charge in [-0.1, -0.05) is 36.4 Å². The smallest absolute Gasteiger partial charge is 0.353 e.